The van der Waals surface area contributed by atoms with Gasteiger partial charge in [-0.05, 0) is 38.4 Å². The van der Waals surface area contributed by atoms with Crippen molar-refractivity contribution in [2.24, 2.45) is 0 Å². The standard InChI is InChI=1S/C17H20N2O2/c1-13-3-6-15(7-4-13)9-10-18-12-16-11-14(2)5-8-17(16)19(20)21/h3-8,11,18H,9-10,12H2,1-2H3. The fraction of sp³-hybridized carbons (Fsp3) is 0.294. The highest BCUT2D eigenvalue weighted by Gasteiger charge is 2.12. The Morgan fingerprint density at radius 3 is 2.38 bits per heavy atom. The second-order valence-electron chi connectivity index (χ2n) is 5.30. The average molecular weight is 284 g/mol. The number of aryl methyl sites for hydroxylation is 2. The maximum atomic E-state index is 11.0. The van der Waals surface area contributed by atoms with Gasteiger partial charge in [0, 0.05) is 18.2 Å². The van der Waals surface area contributed by atoms with Gasteiger partial charge in [-0.25, -0.2) is 0 Å². The molecule has 21 heavy (non-hydrogen) atoms. The molecule has 0 heterocycles. The number of nitrogens with zero attached hydrogens (tertiary/aromatic N) is 1. The molecule has 110 valence electrons. The maximum Gasteiger partial charge on any atom is 0.273 e. The van der Waals surface area contributed by atoms with Gasteiger partial charge in [0.05, 0.1) is 4.92 Å². The molecular weight excluding hydrogens is 264 g/mol. The molecule has 1 N–H and O–H groups in total. The lowest BCUT2D eigenvalue weighted by molar-refractivity contribution is -0.385. The number of benzene rings is 2. The second kappa shape index (κ2) is 6.99. The summed E-state index contributed by atoms with van der Waals surface area (Å²) in [5.74, 6) is 0. The van der Waals surface area contributed by atoms with Gasteiger partial charge in [0.1, 0.15) is 0 Å². The monoisotopic (exact) mass is 284 g/mol. The minimum Gasteiger partial charge on any atom is -0.312 e. The van der Waals surface area contributed by atoms with E-state index in [1.807, 2.05) is 13.0 Å². The molecule has 0 atom stereocenters. The van der Waals surface area contributed by atoms with E-state index < -0.39 is 0 Å². The molecule has 0 saturated heterocycles. The third kappa shape index (κ3) is 4.39. The molecule has 0 aliphatic heterocycles. The summed E-state index contributed by atoms with van der Waals surface area (Å²) in [5.41, 5.74) is 4.48. The van der Waals surface area contributed by atoms with Gasteiger partial charge in [0.25, 0.3) is 5.69 Å². The first-order chi connectivity index (χ1) is 10.1. The Kier molecular flexibility index (Phi) is 5.06. The minimum atomic E-state index is -0.323. The first-order valence-corrected chi connectivity index (χ1v) is 7.06. The van der Waals surface area contributed by atoms with E-state index in [0.29, 0.717) is 6.54 Å². The molecule has 4 heteroatoms. The zero-order chi connectivity index (χ0) is 15.2. The Labute approximate surface area is 125 Å². The van der Waals surface area contributed by atoms with Crippen LogP contribution in [0.3, 0.4) is 0 Å². The van der Waals surface area contributed by atoms with Crippen LogP contribution in [-0.2, 0) is 13.0 Å². The average Bonchev–Trinajstić information content (AvgIpc) is 2.45. The smallest absolute Gasteiger partial charge is 0.273 e. The summed E-state index contributed by atoms with van der Waals surface area (Å²) < 4.78 is 0. The highest BCUT2D eigenvalue weighted by atomic mass is 16.6. The van der Waals surface area contributed by atoms with E-state index in [1.165, 1.54) is 11.1 Å². The lowest BCUT2D eigenvalue weighted by Gasteiger charge is -2.07. The quantitative estimate of drug-likeness (QED) is 0.501. The van der Waals surface area contributed by atoms with Crippen LogP contribution in [0.1, 0.15) is 22.3 Å². The summed E-state index contributed by atoms with van der Waals surface area (Å²) >= 11 is 0. The SMILES string of the molecule is Cc1ccc(CCNCc2cc(C)ccc2[N+](=O)[O-])cc1. The van der Waals surface area contributed by atoms with Crippen LogP contribution in [-0.4, -0.2) is 11.5 Å². The number of nitrogens with one attached hydrogen (secondary N) is 1. The van der Waals surface area contributed by atoms with Gasteiger partial charge in [-0.3, -0.25) is 10.1 Å². The molecule has 0 fully saturated rings. The highest BCUT2D eigenvalue weighted by molar-refractivity contribution is 5.42. The van der Waals surface area contributed by atoms with Crippen molar-refractivity contribution in [2.45, 2.75) is 26.8 Å². The summed E-state index contributed by atoms with van der Waals surface area (Å²) in [7, 11) is 0. The van der Waals surface area contributed by atoms with Crippen molar-refractivity contribution in [1.82, 2.24) is 5.32 Å². The molecular formula is C17H20N2O2. The van der Waals surface area contributed by atoms with E-state index in [1.54, 1.807) is 12.1 Å². The summed E-state index contributed by atoms with van der Waals surface area (Å²) in [6.07, 6.45) is 0.917. The third-order valence-electron chi connectivity index (χ3n) is 3.46. The predicted molar refractivity (Wildman–Crippen MR) is 84.4 cm³/mol. The van der Waals surface area contributed by atoms with Gasteiger partial charge >= 0.3 is 0 Å². The Hall–Kier alpha value is -2.20. The van der Waals surface area contributed by atoms with Crippen LogP contribution in [0, 0.1) is 24.0 Å². The lowest BCUT2D eigenvalue weighted by atomic mass is 10.1. The zero-order valence-corrected chi connectivity index (χ0v) is 12.4. The normalized spacial score (nSPS) is 10.6. The van der Waals surface area contributed by atoms with Crippen LogP contribution in [0.15, 0.2) is 42.5 Å². The van der Waals surface area contributed by atoms with Gasteiger partial charge in [-0.15, -0.1) is 0 Å². The fourth-order valence-electron chi connectivity index (χ4n) is 2.24. The van der Waals surface area contributed by atoms with Crippen molar-refractivity contribution in [3.05, 3.63) is 74.8 Å². The van der Waals surface area contributed by atoms with E-state index in [0.717, 1.165) is 24.1 Å². The molecule has 0 aliphatic carbocycles. The minimum absolute atomic E-state index is 0.184. The summed E-state index contributed by atoms with van der Waals surface area (Å²) in [6.45, 7) is 5.33. The van der Waals surface area contributed by atoms with E-state index >= 15 is 0 Å². The van der Waals surface area contributed by atoms with E-state index in [4.69, 9.17) is 0 Å². The van der Waals surface area contributed by atoms with E-state index in [9.17, 15) is 10.1 Å². The summed E-state index contributed by atoms with van der Waals surface area (Å²) in [4.78, 5) is 10.7. The molecule has 0 bridgehead atoms. The number of nitro groups is 1. The van der Waals surface area contributed by atoms with Crippen LogP contribution in [0.4, 0.5) is 5.69 Å². The van der Waals surface area contributed by atoms with Crippen molar-refractivity contribution in [1.29, 1.82) is 0 Å². The summed E-state index contributed by atoms with van der Waals surface area (Å²) in [6, 6.07) is 13.6. The van der Waals surface area contributed by atoms with Crippen molar-refractivity contribution < 1.29 is 4.92 Å². The fourth-order valence-corrected chi connectivity index (χ4v) is 2.24. The summed E-state index contributed by atoms with van der Waals surface area (Å²) in [5, 5.41) is 14.3. The molecule has 0 radical (unpaired) electrons. The van der Waals surface area contributed by atoms with Crippen molar-refractivity contribution in [3.8, 4) is 0 Å². The number of rotatable bonds is 6. The van der Waals surface area contributed by atoms with Gasteiger partial charge < -0.3 is 5.32 Å². The highest BCUT2D eigenvalue weighted by Crippen LogP contribution is 2.19. The van der Waals surface area contributed by atoms with Crippen LogP contribution < -0.4 is 5.32 Å². The number of nitro benzene ring substituents is 1. The topological polar surface area (TPSA) is 55.2 Å². The Bertz CT molecular complexity index is 621. The van der Waals surface area contributed by atoms with Crippen molar-refractivity contribution >= 4 is 5.69 Å². The van der Waals surface area contributed by atoms with Crippen LogP contribution >= 0.6 is 0 Å². The van der Waals surface area contributed by atoms with Crippen LogP contribution in [0.5, 0.6) is 0 Å². The maximum absolute atomic E-state index is 11.0. The molecule has 0 aliphatic rings. The Morgan fingerprint density at radius 1 is 1.05 bits per heavy atom. The molecule has 0 unspecified atom stereocenters. The molecule has 0 saturated carbocycles. The van der Waals surface area contributed by atoms with Crippen molar-refractivity contribution in [2.75, 3.05) is 6.54 Å². The van der Waals surface area contributed by atoms with Crippen LogP contribution in [0.2, 0.25) is 0 Å². The Balaban J connectivity index is 1.90. The molecule has 0 amide bonds. The number of hydrogen-bond donors (Lipinski definition) is 1. The van der Waals surface area contributed by atoms with Gasteiger partial charge in [-0.1, -0.05) is 41.5 Å². The van der Waals surface area contributed by atoms with Crippen LogP contribution in [0.25, 0.3) is 0 Å². The molecule has 0 aromatic heterocycles. The predicted octanol–water partition coefficient (Wildman–Crippen LogP) is 3.54. The molecule has 4 nitrogen and oxygen atoms in total. The first-order valence-electron chi connectivity index (χ1n) is 7.06. The van der Waals surface area contributed by atoms with Gasteiger partial charge in [-0.2, -0.15) is 0 Å². The second-order valence-corrected chi connectivity index (χ2v) is 5.30. The molecule has 2 aromatic rings. The molecule has 2 aromatic carbocycles. The lowest BCUT2D eigenvalue weighted by Crippen LogP contribution is -2.17. The van der Waals surface area contributed by atoms with Gasteiger partial charge in [0.2, 0.25) is 0 Å². The van der Waals surface area contributed by atoms with E-state index in [-0.39, 0.29) is 10.6 Å². The number of hydrogen-bond acceptors (Lipinski definition) is 3. The largest absolute Gasteiger partial charge is 0.312 e. The van der Waals surface area contributed by atoms with E-state index in [2.05, 4.69) is 36.5 Å². The van der Waals surface area contributed by atoms with Gasteiger partial charge in [0.15, 0.2) is 0 Å². The van der Waals surface area contributed by atoms with Crippen molar-refractivity contribution in [3.63, 3.8) is 0 Å². The zero-order valence-electron chi connectivity index (χ0n) is 12.4. The molecule has 2 rings (SSSR count). The Morgan fingerprint density at radius 2 is 1.71 bits per heavy atom. The molecule has 0 spiro atoms. The third-order valence-corrected chi connectivity index (χ3v) is 3.46. The first kappa shape index (κ1) is 15.2.